The first-order chi connectivity index (χ1) is 14.8. The summed E-state index contributed by atoms with van der Waals surface area (Å²) in [4.78, 5) is 29.8. The average Bonchev–Trinajstić information content (AvgIpc) is 3.10. The molecule has 156 valence electrons. The summed E-state index contributed by atoms with van der Waals surface area (Å²) in [5.74, 6) is -0.205. The van der Waals surface area contributed by atoms with E-state index in [-0.39, 0.29) is 11.6 Å². The maximum absolute atomic E-state index is 12.7. The van der Waals surface area contributed by atoms with E-state index in [1.165, 1.54) is 4.90 Å². The van der Waals surface area contributed by atoms with Crippen molar-refractivity contribution in [1.82, 2.24) is 9.55 Å². The van der Waals surface area contributed by atoms with Gasteiger partial charge < -0.3 is 19.3 Å². The van der Waals surface area contributed by atoms with Gasteiger partial charge in [-0.2, -0.15) is 0 Å². The van der Waals surface area contributed by atoms with Gasteiger partial charge in [-0.15, -0.1) is 0 Å². The first-order valence-electron chi connectivity index (χ1n) is 9.65. The number of benzene rings is 2. The monoisotopic (exact) mass is 415 g/mol. The molecule has 1 N–H and O–H groups in total. The van der Waals surface area contributed by atoms with E-state index < -0.39 is 5.97 Å². The van der Waals surface area contributed by atoms with Crippen molar-refractivity contribution < 1.29 is 19.4 Å². The van der Waals surface area contributed by atoms with E-state index in [4.69, 9.17) is 4.74 Å². The minimum Gasteiger partial charge on any atom is -0.477 e. The lowest BCUT2D eigenvalue weighted by atomic mass is 10.1. The van der Waals surface area contributed by atoms with Crippen LogP contribution in [0.3, 0.4) is 0 Å². The second kappa shape index (κ2) is 7.95. The molecule has 4 aromatic rings. The zero-order valence-corrected chi connectivity index (χ0v) is 17.4. The molecule has 2 aromatic carbocycles. The predicted molar refractivity (Wildman–Crippen MR) is 118 cm³/mol. The summed E-state index contributed by atoms with van der Waals surface area (Å²) in [6.45, 7) is 1.97. The molecule has 0 unspecified atom stereocenters. The molecular formula is C24H21N3O4. The summed E-state index contributed by atoms with van der Waals surface area (Å²) in [6, 6.07) is 17.8. The largest absolute Gasteiger partial charge is 0.477 e. The van der Waals surface area contributed by atoms with Gasteiger partial charge >= 0.3 is 5.97 Å². The Hall–Kier alpha value is -4.13. The van der Waals surface area contributed by atoms with Crippen LogP contribution in [0.1, 0.15) is 26.4 Å². The van der Waals surface area contributed by atoms with Crippen molar-refractivity contribution in [1.29, 1.82) is 0 Å². The van der Waals surface area contributed by atoms with E-state index in [0.29, 0.717) is 22.9 Å². The van der Waals surface area contributed by atoms with Crippen molar-refractivity contribution in [2.45, 2.75) is 6.92 Å². The van der Waals surface area contributed by atoms with E-state index in [0.717, 1.165) is 16.5 Å². The van der Waals surface area contributed by atoms with Crippen LogP contribution < -0.4 is 9.64 Å². The lowest BCUT2D eigenvalue weighted by molar-refractivity contribution is 0.0687. The van der Waals surface area contributed by atoms with Gasteiger partial charge in [0.25, 0.3) is 5.91 Å². The van der Waals surface area contributed by atoms with Crippen LogP contribution in [-0.2, 0) is 7.05 Å². The summed E-state index contributed by atoms with van der Waals surface area (Å²) in [6.07, 6.45) is 1.57. The quantitative estimate of drug-likeness (QED) is 0.513. The lowest BCUT2D eigenvalue weighted by Gasteiger charge is -2.17. The summed E-state index contributed by atoms with van der Waals surface area (Å²) in [5.41, 5.74) is 3.29. The Labute approximate surface area is 179 Å². The molecule has 0 fully saturated rings. The predicted octanol–water partition coefficient (Wildman–Crippen LogP) is 4.65. The van der Waals surface area contributed by atoms with Gasteiger partial charge in [0.05, 0.1) is 17.4 Å². The third kappa shape index (κ3) is 3.98. The first-order valence-corrected chi connectivity index (χ1v) is 9.65. The molecule has 2 aromatic heterocycles. The van der Waals surface area contributed by atoms with Crippen LogP contribution in [0.2, 0.25) is 0 Å². The number of hydrogen-bond acceptors (Lipinski definition) is 4. The molecule has 0 radical (unpaired) electrons. The number of ether oxygens (including phenoxy) is 1. The van der Waals surface area contributed by atoms with Crippen LogP contribution >= 0.6 is 0 Å². The Morgan fingerprint density at radius 3 is 2.42 bits per heavy atom. The topological polar surface area (TPSA) is 84.7 Å². The molecule has 0 bridgehead atoms. The Kier molecular flexibility index (Phi) is 5.17. The lowest BCUT2D eigenvalue weighted by Crippen LogP contribution is -2.26. The van der Waals surface area contributed by atoms with Crippen LogP contribution in [0.5, 0.6) is 11.6 Å². The molecule has 0 atom stereocenters. The molecule has 0 saturated heterocycles. The molecule has 1 amide bonds. The molecule has 7 nitrogen and oxygen atoms in total. The molecule has 0 saturated carbocycles. The van der Waals surface area contributed by atoms with Crippen molar-refractivity contribution in [2.75, 3.05) is 11.9 Å². The number of carboxylic acids is 1. The van der Waals surface area contributed by atoms with Gasteiger partial charge in [0.15, 0.2) is 0 Å². The minimum atomic E-state index is -0.984. The SMILES string of the molecule is Cc1ccc(C(=O)N(C)c2ccc(Oc3ccc4cc(C(=O)O)n(C)c4c3)nc2)cc1. The number of aromatic nitrogens is 2. The van der Waals surface area contributed by atoms with Crippen LogP contribution in [0, 0.1) is 6.92 Å². The second-order valence-corrected chi connectivity index (χ2v) is 7.30. The highest BCUT2D eigenvalue weighted by molar-refractivity contribution is 6.05. The molecule has 4 rings (SSSR count). The van der Waals surface area contributed by atoms with Crippen LogP contribution in [0.4, 0.5) is 5.69 Å². The van der Waals surface area contributed by atoms with Gasteiger partial charge in [-0.1, -0.05) is 17.7 Å². The van der Waals surface area contributed by atoms with Crippen LogP contribution in [0.25, 0.3) is 10.9 Å². The zero-order chi connectivity index (χ0) is 22.1. The van der Waals surface area contributed by atoms with Crippen molar-refractivity contribution in [3.05, 3.63) is 83.7 Å². The number of hydrogen-bond donors (Lipinski definition) is 1. The smallest absolute Gasteiger partial charge is 0.352 e. The van der Waals surface area contributed by atoms with E-state index in [2.05, 4.69) is 4.98 Å². The van der Waals surface area contributed by atoms with Gasteiger partial charge in [0.2, 0.25) is 5.88 Å². The third-order valence-corrected chi connectivity index (χ3v) is 5.17. The number of amides is 1. The van der Waals surface area contributed by atoms with Crippen molar-refractivity contribution in [3.63, 3.8) is 0 Å². The fourth-order valence-electron chi connectivity index (χ4n) is 3.34. The number of anilines is 1. The van der Waals surface area contributed by atoms with Gasteiger partial charge in [-0.25, -0.2) is 9.78 Å². The molecular weight excluding hydrogens is 394 g/mol. The van der Waals surface area contributed by atoms with E-state index in [1.54, 1.807) is 73.4 Å². The Balaban J connectivity index is 1.52. The summed E-state index contributed by atoms with van der Waals surface area (Å²) in [5, 5.41) is 10.1. The van der Waals surface area contributed by atoms with Crippen LogP contribution in [-0.4, -0.2) is 33.6 Å². The number of aromatic carboxylic acids is 1. The number of pyridine rings is 1. The maximum Gasteiger partial charge on any atom is 0.352 e. The molecule has 2 heterocycles. The van der Waals surface area contributed by atoms with Crippen LogP contribution in [0.15, 0.2) is 66.9 Å². The molecule has 31 heavy (non-hydrogen) atoms. The highest BCUT2D eigenvalue weighted by Crippen LogP contribution is 2.27. The summed E-state index contributed by atoms with van der Waals surface area (Å²) >= 11 is 0. The van der Waals surface area contributed by atoms with Crippen molar-refractivity contribution >= 4 is 28.5 Å². The van der Waals surface area contributed by atoms with E-state index in [1.807, 2.05) is 19.1 Å². The van der Waals surface area contributed by atoms with Gasteiger partial charge in [-0.05, 0) is 43.3 Å². The molecule has 0 spiro atoms. The standard InChI is InChI=1S/C24H21N3O4/c1-15-4-6-16(7-5-15)23(28)26(2)18-9-11-22(25-14-18)31-19-10-8-17-12-21(24(29)30)27(3)20(17)13-19/h4-14H,1-3H3,(H,29,30). The zero-order valence-electron chi connectivity index (χ0n) is 17.4. The van der Waals surface area contributed by atoms with E-state index >= 15 is 0 Å². The number of nitrogens with zero attached hydrogens (tertiary/aromatic N) is 3. The normalized spacial score (nSPS) is 10.8. The number of carbonyl (C=O) groups excluding carboxylic acids is 1. The molecule has 0 aliphatic heterocycles. The molecule has 0 aliphatic rings. The highest BCUT2D eigenvalue weighted by Gasteiger charge is 2.15. The highest BCUT2D eigenvalue weighted by atomic mass is 16.5. The molecule has 0 aliphatic carbocycles. The van der Waals surface area contributed by atoms with Gasteiger partial charge in [-0.3, -0.25) is 4.79 Å². The Morgan fingerprint density at radius 2 is 1.77 bits per heavy atom. The fourth-order valence-corrected chi connectivity index (χ4v) is 3.34. The Bertz CT molecular complexity index is 1270. The number of fused-ring (bicyclic) bond motifs is 1. The summed E-state index contributed by atoms with van der Waals surface area (Å²) < 4.78 is 7.43. The van der Waals surface area contributed by atoms with Crippen molar-refractivity contribution in [2.24, 2.45) is 7.05 Å². The van der Waals surface area contributed by atoms with Crippen molar-refractivity contribution in [3.8, 4) is 11.6 Å². The number of aryl methyl sites for hydroxylation is 2. The Morgan fingerprint density at radius 1 is 1.03 bits per heavy atom. The fraction of sp³-hybridized carbons (Fsp3) is 0.125. The summed E-state index contributed by atoms with van der Waals surface area (Å²) in [7, 11) is 3.40. The maximum atomic E-state index is 12.7. The average molecular weight is 415 g/mol. The van der Waals surface area contributed by atoms with Gasteiger partial charge in [0.1, 0.15) is 11.4 Å². The van der Waals surface area contributed by atoms with E-state index in [9.17, 15) is 14.7 Å². The minimum absolute atomic E-state index is 0.126. The molecule has 7 heteroatoms. The number of carboxylic acid groups (broad SMARTS) is 1. The second-order valence-electron chi connectivity index (χ2n) is 7.30. The number of carbonyl (C=O) groups is 2. The number of rotatable bonds is 5. The third-order valence-electron chi connectivity index (χ3n) is 5.17. The first kappa shape index (κ1) is 20.2. The van der Waals surface area contributed by atoms with Gasteiger partial charge in [0, 0.05) is 37.2 Å².